The maximum absolute atomic E-state index is 11.8. The summed E-state index contributed by atoms with van der Waals surface area (Å²) in [4.78, 5) is 19.6. The lowest BCUT2D eigenvalue weighted by atomic mass is 9.71. The van der Waals surface area contributed by atoms with Crippen LogP contribution in [0.4, 0.5) is 0 Å². The van der Waals surface area contributed by atoms with E-state index in [9.17, 15) is 15.0 Å². The van der Waals surface area contributed by atoms with Crippen LogP contribution in [0.25, 0.3) is 10.9 Å². The van der Waals surface area contributed by atoms with Crippen molar-refractivity contribution in [3.63, 3.8) is 0 Å². The number of likely N-dealkylation sites (tertiary alicyclic amines) is 1. The van der Waals surface area contributed by atoms with E-state index in [1.54, 1.807) is 24.6 Å². The zero-order valence-electron chi connectivity index (χ0n) is 20.6. The van der Waals surface area contributed by atoms with Crippen molar-refractivity contribution in [3.8, 4) is 17.6 Å². The lowest BCUT2D eigenvalue weighted by Gasteiger charge is -2.41. The molecule has 1 saturated heterocycles. The van der Waals surface area contributed by atoms with E-state index in [2.05, 4.69) is 21.7 Å². The molecule has 4 N–H and O–H groups in total. The first kappa shape index (κ1) is 26.1. The molecule has 3 heterocycles. The maximum Gasteiger partial charge on any atom is 0.303 e. The van der Waals surface area contributed by atoms with Crippen molar-refractivity contribution in [2.75, 3.05) is 26.7 Å². The number of aliphatic carboxylic acids is 1. The second-order valence-corrected chi connectivity index (χ2v) is 10.4. The van der Waals surface area contributed by atoms with Gasteiger partial charge in [0.15, 0.2) is 0 Å². The third-order valence-corrected chi connectivity index (χ3v) is 7.96. The quantitative estimate of drug-likeness (QED) is 0.373. The van der Waals surface area contributed by atoms with E-state index >= 15 is 0 Å². The smallest absolute Gasteiger partial charge is 0.303 e. The van der Waals surface area contributed by atoms with Gasteiger partial charge in [-0.3, -0.25) is 14.7 Å². The molecule has 0 amide bonds. The number of carboxylic acids is 1. The number of methoxy groups -OCH3 is 1. The third kappa shape index (κ3) is 6.23. The van der Waals surface area contributed by atoms with Gasteiger partial charge in [0, 0.05) is 18.1 Å². The van der Waals surface area contributed by atoms with Gasteiger partial charge in [-0.05, 0) is 85.0 Å². The number of nitrogens with zero attached hydrogens (tertiary/aromatic N) is 2. The Kier molecular flexibility index (Phi) is 8.60. The number of aliphatic hydroxyl groups excluding tert-OH is 1. The van der Waals surface area contributed by atoms with Crippen LogP contribution in [0.2, 0.25) is 0 Å². The van der Waals surface area contributed by atoms with Crippen LogP contribution in [0.15, 0.2) is 41.9 Å². The van der Waals surface area contributed by atoms with Crippen molar-refractivity contribution < 1.29 is 19.7 Å². The summed E-state index contributed by atoms with van der Waals surface area (Å²) in [6.07, 6.45) is 3.64. The fourth-order valence-corrected chi connectivity index (χ4v) is 5.71. The Bertz CT molecular complexity index is 1240. The van der Waals surface area contributed by atoms with E-state index in [0.29, 0.717) is 25.1 Å². The fraction of sp³-hybridized carbons (Fsp3) is 0.429. The van der Waals surface area contributed by atoms with Crippen molar-refractivity contribution in [1.29, 1.82) is 0 Å². The molecule has 1 aromatic carbocycles. The van der Waals surface area contributed by atoms with Gasteiger partial charge in [0.25, 0.3) is 0 Å². The second-order valence-electron chi connectivity index (χ2n) is 9.46. The van der Waals surface area contributed by atoms with E-state index in [1.165, 1.54) is 0 Å². The summed E-state index contributed by atoms with van der Waals surface area (Å²) >= 11 is 1.63. The molecular weight excluding hydrogens is 474 g/mol. The molecule has 190 valence electrons. The minimum absolute atomic E-state index is 0.100. The lowest BCUT2D eigenvalue weighted by molar-refractivity contribution is -0.141. The molecule has 7 nitrogen and oxygen atoms in total. The Morgan fingerprint density at radius 1 is 1.33 bits per heavy atom. The lowest BCUT2D eigenvalue weighted by Crippen LogP contribution is -2.41. The van der Waals surface area contributed by atoms with E-state index in [1.807, 2.05) is 35.7 Å². The van der Waals surface area contributed by atoms with Gasteiger partial charge in [-0.15, -0.1) is 11.3 Å². The second kappa shape index (κ2) is 11.8. The summed E-state index contributed by atoms with van der Waals surface area (Å²) in [7, 11) is 1.60. The van der Waals surface area contributed by atoms with E-state index < -0.39 is 12.1 Å². The summed E-state index contributed by atoms with van der Waals surface area (Å²) in [5.41, 5.74) is 7.95. The standard InChI is InChI=1S/C28H33N3O4S/c1-35-21-6-7-24-23(16-21)27(20(18-29)19-30-24)25(32)8-9-28(17-26(33)34)10-13-31(14-11-28)12-2-4-22-5-3-15-36-22/h3,5-7,15-16,19,25,32H,8-14,17-18,29H2,1H3,(H,33,34)/t25-/m0/s1. The number of aromatic nitrogens is 1. The fourth-order valence-electron chi connectivity index (χ4n) is 5.11. The predicted molar refractivity (Wildman–Crippen MR) is 142 cm³/mol. The van der Waals surface area contributed by atoms with Gasteiger partial charge >= 0.3 is 5.97 Å². The van der Waals surface area contributed by atoms with Crippen molar-refractivity contribution in [3.05, 3.63) is 57.9 Å². The highest BCUT2D eigenvalue weighted by Gasteiger charge is 2.37. The van der Waals surface area contributed by atoms with Crippen LogP contribution in [0, 0.1) is 17.3 Å². The molecular formula is C28H33N3O4S. The first-order valence-electron chi connectivity index (χ1n) is 12.2. The SMILES string of the molecule is COc1ccc2ncc(CN)c([C@@H](O)CCC3(CC(=O)O)CCN(CC#Cc4cccs4)CC3)c2c1. The number of carbonyl (C=O) groups is 1. The summed E-state index contributed by atoms with van der Waals surface area (Å²) in [5, 5.41) is 23.8. The zero-order valence-corrected chi connectivity index (χ0v) is 21.4. The van der Waals surface area contributed by atoms with E-state index in [4.69, 9.17) is 10.5 Å². The Labute approximate surface area is 215 Å². The van der Waals surface area contributed by atoms with E-state index in [-0.39, 0.29) is 18.4 Å². The largest absolute Gasteiger partial charge is 0.497 e. The van der Waals surface area contributed by atoms with Crippen LogP contribution >= 0.6 is 11.3 Å². The first-order chi connectivity index (χ1) is 17.4. The number of ether oxygens (including phenoxy) is 1. The maximum atomic E-state index is 11.8. The van der Waals surface area contributed by atoms with Crippen LogP contribution < -0.4 is 10.5 Å². The van der Waals surface area contributed by atoms with Crippen LogP contribution in [-0.4, -0.2) is 52.8 Å². The molecule has 0 radical (unpaired) electrons. The third-order valence-electron chi connectivity index (χ3n) is 7.18. The van der Waals surface area contributed by atoms with Gasteiger partial charge in [-0.1, -0.05) is 17.9 Å². The van der Waals surface area contributed by atoms with Crippen LogP contribution in [0.3, 0.4) is 0 Å². The highest BCUT2D eigenvalue weighted by molar-refractivity contribution is 7.10. The number of carboxylic acid groups (broad SMARTS) is 1. The van der Waals surface area contributed by atoms with Crippen LogP contribution in [-0.2, 0) is 11.3 Å². The number of hydrogen-bond acceptors (Lipinski definition) is 7. The molecule has 4 rings (SSSR count). The molecule has 0 unspecified atom stereocenters. The topological polar surface area (TPSA) is 109 Å². The van der Waals surface area contributed by atoms with Crippen molar-refractivity contribution in [2.24, 2.45) is 11.1 Å². The summed E-state index contributed by atoms with van der Waals surface area (Å²) in [6, 6.07) is 9.59. The number of nitrogens with two attached hydrogens (primary N) is 1. The number of thiophene rings is 1. The molecule has 3 aromatic rings. The Morgan fingerprint density at radius 2 is 2.14 bits per heavy atom. The van der Waals surface area contributed by atoms with Crippen LogP contribution in [0.1, 0.15) is 54.2 Å². The van der Waals surface area contributed by atoms with E-state index in [0.717, 1.165) is 52.8 Å². The van der Waals surface area contributed by atoms with Crippen molar-refractivity contribution >= 4 is 28.2 Å². The van der Waals surface area contributed by atoms with Gasteiger partial charge in [0.2, 0.25) is 0 Å². The Balaban J connectivity index is 1.47. The van der Waals surface area contributed by atoms with Gasteiger partial charge in [-0.25, -0.2) is 0 Å². The minimum Gasteiger partial charge on any atom is -0.497 e. The molecule has 0 aliphatic carbocycles. The number of fused-ring (bicyclic) bond motifs is 1. The van der Waals surface area contributed by atoms with Gasteiger partial charge < -0.3 is 20.7 Å². The number of piperidine rings is 1. The van der Waals surface area contributed by atoms with Gasteiger partial charge in [0.1, 0.15) is 5.75 Å². The zero-order chi connectivity index (χ0) is 25.5. The van der Waals surface area contributed by atoms with Gasteiger partial charge in [0.05, 0.1) is 36.6 Å². The summed E-state index contributed by atoms with van der Waals surface area (Å²) in [6.45, 7) is 2.53. The molecule has 1 aliphatic rings. The average molecular weight is 508 g/mol. The summed E-state index contributed by atoms with van der Waals surface area (Å²) < 4.78 is 5.38. The molecule has 0 spiro atoms. The average Bonchev–Trinajstić information content (AvgIpc) is 3.40. The molecule has 0 saturated carbocycles. The molecule has 1 atom stereocenters. The first-order valence-corrected chi connectivity index (χ1v) is 13.1. The normalized spacial score (nSPS) is 16.3. The Morgan fingerprint density at radius 3 is 2.81 bits per heavy atom. The molecule has 1 aliphatic heterocycles. The Hall–Kier alpha value is -2.96. The molecule has 1 fully saturated rings. The van der Waals surface area contributed by atoms with Crippen molar-refractivity contribution in [1.82, 2.24) is 9.88 Å². The molecule has 8 heteroatoms. The molecule has 36 heavy (non-hydrogen) atoms. The predicted octanol–water partition coefficient (Wildman–Crippen LogP) is 4.19. The number of aliphatic hydroxyl groups is 1. The summed E-state index contributed by atoms with van der Waals surface area (Å²) in [5.74, 6) is 6.32. The van der Waals surface area contributed by atoms with Crippen LogP contribution in [0.5, 0.6) is 5.75 Å². The highest BCUT2D eigenvalue weighted by atomic mass is 32.1. The monoisotopic (exact) mass is 507 g/mol. The van der Waals surface area contributed by atoms with Crippen molar-refractivity contribution in [2.45, 2.75) is 44.8 Å². The van der Waals surface area contributed by atoms with Gasteiger partial charge in [-0.2, -0.15) is 0 Å². The highest BCUT2D eigenvalue weighted by Crippen LogP contribution is 2.42. The number of benzene rings is 1. The number of rotatable bonds is 9. The molecule has 0 bridgehead atoms. The number of pyridine rings is 1. The number of hydrogen-bond donors (Lipinski definition) is 3. The molecule has 2 aromatic heterocycles. The minimum atomic E-state index is -0.794.